The van der Waals surface area contributed by atoms with Gasteiger partial charge < -0.3 is 10.5 Å². The first-order chi connectivity index (χ1) is 7.29. The molecule has 1 aromatic rings. The first-order valence-electron chi connectivity index (χ1n) is 5.12. The molecule has 0 aliphatic carbocycles. The standard InChI is InChI=1S/C12H16N2O/c1-2-12(15-9-5-8-13)10-6-3-4-7-11(10)14/h3-4,6-7,12H,2,5,9,14H2,1H3. The largest absolute Gasteiger partial charge is 0.398 e. The average molecular weight is 204 g/mol. The second-order valence-corrected chi connectivity index (χ2v) is 3.30. The quantitative estimate of drug-likeness (QED) is 0.592. The van der Waals surface area contributed by atoms with E-state index in [-0.39, 0.29) is 6.10 Å². The molecule has 1 rings (SSSR count). The fourth-order valence-electron chi connectivity index (χ4n) is 1.48. The van der Waals surface area contributed by atoms with Crippen molar-refractivity contribution in [3.8, 4) is 6.07 Å². The van der Waals surface area contributed by atoms with Crippen molar-refractivity contribution in [1.82, 2.24) is 0 Å². The van der Waals surface area contributed by atoms with Crippen LogP contribution in [0.15, 0.2) is 24.3 Å². The number of nitrogens with zero attached hydrogens (tertiary/aromatic N) is 1. The van der Waals surface area contributed by atoms with E-state index in [1.54, 1.807) is 0 Å². The van der Waals surface area contributed by atoms with Crippen molar-refractivity contribution in [3.63, 3.8) is 0 Å². The molecule has 0 aliphatic rings. The Morgan fingerprint density at radius 2 is 2.20 bits per heavy atom. The van der Waals surface area contributed by atoms with Crippen LogP contribution in [0.2, 0.25) is 0 Å². The van der Waals surface area contributed by atoms with E-state index >= 15 is 0 Å². The lowest BCUT2D eigenvalue weighted by Crippen LogP contribution is -2.07. The SMILES string of the molecule is CCC(OCCC#N)c1ccccc1N. The van der Waals surface area contributed by atoms with Gasteiger partial charge in [-0.25, -0.2) is 0 Å². The number of rotatable bonds is 5. The molecule has 0 aliphatic heterocycles. The van der Waals surface area contributed by atoms with Crippen molar-refractivity contribution in [1.29, 1.82) is 5.26 Å². The number of para-hydroxylation sites is 1. The van der Waals surface area contributed by atoms with Crippen molar-refractivity contribution >= 4 is 5.69 Å². The lowest BCUT2D eigenvalue weighted by Gasteiger charge is -2.17. The van der Waals surface area contributed by atoms with Gasteiger partial charge >= 0.3 is 0 Å². The molecule has 3 nitrogen and oxygen atoms in total. The van der Waals surface area contributed by atoms with Gasteiger partial charge in [0.25, 0.3) is 0 Å². The van der Waals surface area contributed by atoms with Crippen LogP contribution in [0.5, 0.6) is 0 Å². The van der Waals surface area contributed by atoms with E-state index < -0.39 is 0 Å². The van der Waals surface area contributed by atoms with Crippen molar-refractivity contribution in [2.75, 3.05) is 12.3 Å². The molecule has 1 aromatic carbocycles. The van der Waals surface area contributed by atoms with Gasteiger partial charge in [-0.1, -0.05) is 25.1 Å². The van der Waals surface area contributed by atoms with Gasteiger partial charge in [0.05, 0.1) is 25.2 Å². The molecule has 15 heavy (non-hydrogen) atoms. The van der Waals surface area contributed by atoms with Crippen LogP contribution in [0.3, 0.4) is 0 Å². The van der Waals surface area contributed by atoms with Crippen LogP contribution in [-0.4, -0.2) is 6.61 Å². The topological polar surface area (TPSA) is 59.0 Å². The average Bonchev–Trinajstić information content (AvgIpc) is 2.26. The van der Waals surface area contributed by atoms with Gasteiger partial charge in [-0.05, 0) is 12.5 Å². The summed E-state index contributed by atoms with van der Waals surface area (Å²) in [6.07, 6.45) is 1.28. The van der Waals surface area contributed by atoms with E-state index in [0.717, 1.165) is 17.7 Å². The van der Waals surface area contributed by atoms with Crippen molar-refractivity contribution < 1.29 is 4.74 Å². The first-order valence-corrected chi connectivity index (χ1v) is 5.12. The minimum absolute atomic E-state index is 0.000417. The van der Waals surface area contributed by atoms with Crippen LogP contribution < -0.4 is 5.73 Å². The number of benzene rings is 1. The molecule has 3 heteroatoms. The van der Waals surface area contributed by atoms with Gasteiger partial charge in [0, 0.05) is 11.3 Å². The summed E-state index contributed by atoms with van der Waals surface area (Å²) in [6, 6.07) is 9.74. The number of hydrogen-bond acceptors (Lipinski definition) is 3. The van der Waals surface area contributed by atoms with Gasteiger partial charge in [-0.15, -0.1) is 0 Å². The van der Waals surface area contributed by atoms with Crippen molar-refractivity contribution in [3.05, 3.63) is 29.8 Å². The molecule has 0 spiro atoms. The fraction of sp³-hybridized carbons (Fsp3) is 0.417. The maximum Gasteiger partial charge on any atom is 0.0842 e. The molecule has 0 bridgehead atoms. The highest BCUT2D eigenvalue weighted by molar-refractivity contribution is 5.47. The number of nitrogen functional groups attached to an aromatic ring is 1. The van der Waals surface area contributed by atoms with E-state index in [2.05, 4.69) is 6.07 Å². The summed E-state index contributed by atoms with van der Waals surface area (Å²) in [5.41, 5.74) is 7.62. The van der Waals surface area contributed by atoms with Crippen molar-refractivity contribution in [2.24, 2.45) is 0 Å². The molecule has 1 unspecified atom stereocenters. The zero-order chi connectivity index (χ0) is 11.1. The zero-order valence-corrected chi connectivity index (χ0v) is 8.94. The van der Waals surface area contributed by atoms with Gasteiger partial charge in [0.2, 0.25) is 0 Å². The summed E-state index contributed by atoms with van der Waals surface area (Å²) in [4.78, 5) is 0. The molecule has 1 atom stereocenters. The Balaban J connectivity index is 2.66. The summed E-state index contributed by atoms with van der Waals surface area (Å²) in [5.74, 6) is 0. The number of ether oxygens (including phenoxy) is 1. The molecular weight excluding hydrogens is 188 g/mol. The molecule has 0 radical (unpaired) electrons. The fourth-order valence-corrected chi connectivity index (χ4v) is 1.48. The van der Waals surface area contributed by atoms with Crippen LogP contribution in [-0.2, 0) is 4.74 Å². The Kier molecular flexibility index (Phi) is 4.65. The molecule has 2 N–H and O–H groups in total. The van der Waals surface area contributed by atoms with E-state index in [0.29, 0.717) is 13.0 Å². The monoisotopic (exact) mass is 204 g/mol. The van der Waals surface area contributed by atoms with Crippen LogP contribution in [0, 0.1) is 11.3 Å². The highest BCUT2D eigenvalue weighted by Gasteiger charge is 2.11. The third-order valence-corrected chi connectivity index (χ3v) is 2.25. The smallest absolute Gasteiger partial charge is 0.0842 e. The van der Waals surface area contributed by atoms with Crippen LogP contribution in [0.4, 0.5) is 5.69 Å². The summed E-state index contributed by atoms with van der Waals surface area (Å²) >= 11 is 0. The number of nitrogens with two attached hydrogens (primary N) is 1. The second kappa shape index (κ2) is 6.05. The van der Waals surface area contributed by atoms with E-state index in [9.17, 15) is 0 Å². The van der Waals surface area contributed by atoms with Crippen LogP contribution in [0.1, 0.15) is 31.4 Å². The van der Waals surface area contributed by atoms with Gasteiger partial charge in [0.1, 0.15) is 0 Å². The third-order valence-electron chi connectivity index (χ3n) is 2.25. The first kappa shape index (κ1) is 11.5. The van der Waals surface area contributed by atoms with Gasteiger partial charge in [-0.3, -0.25) is 0 Å². The Morgan fingerprint density at radius 3 is 2.80 bits per heavy atom. The predicted octanol–water partition coefficient (Wildman–Crippen LogP) is 2.65. The van der Waals surface area contributed by atoms with Gasteiger partial charge in [-0.2, -0.15) is 5.26 Å². The highest BCUT2D eigenvalue weighted by Crippen LogP contribution is 2.25. The summed E-state index contributed by atoms with van der Waals surface area (Å²) in [5, 5.41) is 8.42. The summed E-state index contributed by atoms with van der Waals surface area (Å²) in [6.45, 7) is 2.51. The maximum absolute atomic E-state index is 8.42. The minimum atomic E-state index is -0.000417. The number of nitriles is 1. The van der Waals surface area contributed by atoms with Crippen LogP contribution >= 0.6 is 0 Å². The highest BCUT2D eigenvalue weighted by atomic mass is 16.5. The van der Waals surface area contributed by atoms with E-state index in [4.69, 9.17) is 15.7 Å². The summed E-state index contributed by atoms with van der Waals surface area (Å²) in [7, 11) is 0. The minimum Gasteiger partial charge on any atom is -0.398 e. The molecule has 0 aromatic heterocycles. The number of hydrogen-bond donors (Lipinski definition) is 1. The van der Waals surface area contributed by atoms with Gasteiger partial charge in [0.15, 0.2) is 0 Å². The van der Waals surface area contributed by atoms with E-state index in [1.165, 1.54) is 0 Å². The Labute approximate surface area is 90.5 Å². The number of anilines is 1. The lowest BCUT2D eigenvalue weighted by atomic mass is 10.1. The zero-order valence-electron chi connectivity index (χ0n) is 8.94. The molecule has 0 saturated carbocycles. The molecule has 0 amide bonds. The Hall–Kier alpha value is -1.53. The predicted molar refractivity (Wildman–Crippen MR) is 60.1 cm³/mol. The second-order valence-electron chi connectivity index (χ2n) is 3.30. The Morgan fingerprint density at radius 1 is 1.47 bits per heavy atom. The molecule has 0 saturated heterocycles. The third kappa shape index (κ3) is 3.26. The molecule has 0 fully saturated rings. The summed E-state index contributed by atoms with van der Waals surface area (Å²) < 4.78 is 5.60. The Bertz CT molecular complexity index is 344. The lowest BCUT2D eigenvalue weighted by molar-refractivity contribution is 0.0544. The normalized spacial score (nSPS) is 12.0. The van der Waals surface area contributed by atoms with Crippen LogP contribution in [0.25, 0.3) is 0 Å². The maximum atomic E-state index is 8.42. The van der Waals surface area contributed by atoms with E-state index in [1.807, 2.05) is 31.2 Å². The molecule has 0 heterocycles. The molecular formula is C12H16N2O. The van der Waals surface area contributed by atoms with Crippen molar-refractivity contribution in [2.45, 2.75) is 25.9 Å². The molecule has 80 valence electrons.